The maximum absolute atomic E-state index is 13.1. The number of rotatable bonds is 5. The zero-order valence-electron chi connectivity index (χ0n) is 16.7. The minimum absolute atomic E-state index is 0.176. The van der Waals surface area contributed by atoms with Gasteiger partial charge in [0.1, 0.15) is 0 Å². The molecule has 0 radical (unpaired) electrons. The number of piperidine rings is 1. The maximum Gasteiger partial charge on any atom is 0.243 e. The van der Waals surface area contributed by atoms with Gasteiger partial charge in [-0.1, -0.05) is 54.1 Å². The summed E-state index contributed by atoms with van der Waals surface area (Å²) in [6.07, 6.45) is 0.550. The number of halogens is 1. The Morgan fingerprint density at radius 1 is 0.710 bits per heavy atom. The Morgan fingerprint density at radius 3 is 1.97 bits per heavy atom. The van der Waals surface area contributed by atoms with Gasteiger partial charge in [0.15, 0.2) is 9.84 Å². The van der Waals surface area contributed by atoms with E-state index in [0.717, 1.165) is 11.1 Å². The molecule has 0 N–H and O–H groups in total. The van der Waals surface area contributed by atoms with E-state index < -0.39 is 25.1 Å². The van der Waals surface area contributed by atoms with E-state index >= 15 is 0 Å². The van der Waals surface area contributed by atoms with E-state index in [1.807, 2.05) is 18.2 Å². The van der Waals surface area contributed by atoms with Gasteiger partial charge in [0, 0.05) is 18.1 Å². The Balaban J connectivity index is 1.48. The molecule has 1 saturated heterocycles. The number of hydrogen-bond acceptors (Lipinski definition) is 4. The van der Waals surface area contributed by atoms with Crippen molar-refractivity contribution in [2.45, 2.75) is 27.9 Å². The summed E-state index contributed by atoms with van der Waals surface area (Å²) < 4.78 is 53.2. The SMILES string of the molecule is O=S(=O)(c1ccccc1)C1CCN(S(=O)(=O)c2ccc(-c3cccc(Cl)c3)cc2)CC1. The average molecular weight is 476 g/mol. The summed E-state index contributed by atoms with van der Waals surface area (Å²) in [6, 6.07) is 22.4. The van der Waals surface area contributed by atoms with E-state index in [9.17, 15) is 16.8 Å². The van der Waals surface area contributed by atoms with Crippen LogP contribution >= 0.6 is 11.6 Å². The van der Waals surface area contributed by atoms with Crippen molar-refractivity contribution in [1.29, 1.82) is 0 Å². The summed E-state index contributed by atoms with van der Waals surface area (Å²) in [5, 5.41) is 0.0362. The van der Waals surface area contributed by atoms with Crippen LogP contribution in [0.15, 0.2) is 88.7 Å². The fourth-order valence-electron chi connectivity index (χ4n) is 3.82. The highest BCUT2D eigenvalue weighted by atomic mass is 35.5. The van der Waals surface area contributed by atoms with E-state index in [1.165, 1.54) is 4.31 Å². The Labute approximate surface area is 188 Å². The minimum Gasteiger partial charge on any atom is -0.223 e. The molecular weight excluding hydrogens is 454 g/mol. The van der Waals surface area contributed by atoms with Gasteiger partial charge >= 0.3 is 0 Å². The molecule has 0 aromatic heterocycles. The summed E-state index contributed by atoms with van der Waals surface area (Å²) in [7, 11) is -7.16. The van der Waals surface area contributed by atoms with E-state index in [4.69, 9.17) is 11.6 Å². The number of benzene rings is 3. The molecule has 1 aliphatic heterocycles. The van der Waals surface area contributed by atoms with Gasteiger partial charge in [-0.25, -0.2) is 16.8 Å². The smallest absolute Gasteiger partial charge is 0.223 e. The lowest BCUT2D eigenvalue weighted by Gasteiger charge is -2.31. The molecule has 3 aromatic rings. The molecule has 1 aliphatic rings. The predicted molar refractivity (Wildman–Crippen MR) is 122 cm³/mol. The lowest BCUT2D eigenvalue weighted by molar-refractivity contribution is 0.345. The Kier molecular flexibility index (Phi) is 6.21. The van der Waals surface area contributed by atoms with Gasteiger partial charge in [0.25, 0.3) is 0 Å². The van der Waals surface area contributed by atoms with Crippen LogP contribution in [0.2, 0.25) is 5.02 Å². The second-order valence-electron chi connectivity index (χ2n) is 7.50. The van der Waals surface area contributed by atoms with Crippen molar-refractivity contribution in [3.63, 3.8) is 0 Å². The molecule has 3 aromatic carbocycles. The van der Waals surface area contributed by atoms with Crippen LogP contribution < -0.4 is 0 Å². The van der Waals surface area contributed by atoms with E-state index in [2.05, 4.69) is 0 Å². The molecule has 0 atom stereocenters. The van der Waals surface area contributed by atoms with Crippen LogP contribution in [0.25, 0.3) is 11.1 Å². The molecule has 0 bridgehead atoms. The fourth-order valence-corrected chi connectivity index (χ4v) is 7.23. The van der Waals surface area contributed by atoms with Gasteiger partial charge in [-0.3, -0.25) is 0 Å². The van der Waals surface area contributed by atoms with Crippen molar-refractivity contribution in [3.8, 4) is 11.1 Å². The molecule has 0 unspecified atom stereocenters. The van der Waals surface area contributed by atoms with Crippen LogP contribution in [0.1, 0.15) is 12.8 Å². The lowest BCUT2D eigenvalue weighted by atomic mass is 10.1. The number of hydrogen-bond donors (Lipinski definition) is 0. The van der Waals surface area contributed by atoms with Crippen molar-refractivity contribution in [1.82, 2.24) is 4.31 Å². The predicted octanol–water partition coefficient (Wildman–Crippen LogP) is 4.63. The Morgan fingerprint density at radius 2 is 1.35 bits per heavy atom. The normalized spacial score (nSPS) is 16.3. The third kappa shape index (κ3) is 4.55. The van der Waals surface area contributed by atoms with Gasteiger partial charge in [-0.2, -0.15) is 4.31 Å². The quantitative estimate of drug-likeness (QED) is 0.539. The van der Waals surface area contributed by atoms with Crippen molar-refractivity contribution >= 4 is 31.5 Å². The Bertz CT molecular complexity index is 1270. The van der Waals surface area contributed by atoms with Gasteiger partial charge in [-0.05, 0) is 60.4 Å². The van der Waals surface area contributed by atoms with Gasteiger partial charge in [0.2, 0.25) is 10.0 Å². The van der Waals surface area contributed by atoms with E-state index in [-0.39, 0.29) is 35.7 Å². The van der Waals surface area contributed by atoms with Crippen LogP contribution in [-0.4, -0.2) is 39.5 Å². The molecule has 1 heterocycles. The van der Waals surface area contributed by atoms with Gasteiger partial charge < -0.3 is 0 Å². The third-order valence-electron chi connectivity index (χ3n) is 5.56. The Hall–Kier alpha value is -2.19. The first kappa shape index (κ1) is 22.0. The number of sulfone groups is 1. The molecule has 0 aliphatic carbocycles. The summed E-state index contributed by atoms with van der Waals surface area (Å²) >= 11 is 6.04. The van der Waals surface area contributed by atoms with Crippen LogP contribution in [0.4, 0.5) is 0 Å². The average Bonchev–Trinajstić information content (AvgIpc) is 2.80. The molecule has 1 fully saturated rings. The molecule has 8 heteroatoms. The van der Waals surface area contributed by atoms with Crippen LogP contribution in [0.3, 0.4) is 0 Å². The fraction of sp³-hybridized carbons (Fsp3) is 0.217. The van der Waals surface area contributed by atoms with E-state index in [1.54, 1.807) is 60.7 Å². The molecule has 0 spiro atoms. The first-order valence-corrected chi connectivity index (χ1v) is 13.3. The molecule has 162 valence electrons. The van der Waals surface area contributed by atoms with Crippen molar-refractivity contribution in [3.05, 3.63) is 83.9 Å². The summed E-state index contributed by atoms with van der Waals surface area (Å²) in [5.74, 6) is 0. The zero-order valence-corrected chi connectivity index (χ0v) is 19.1. The molecular formula is C23H22ClNO4S2. The van der Waals surface area contributed by atoms with Crippen LogP contribution in [-0.2, 0) is 19.9 Å². The van der Waals surface area contributed by atoms with Gasteiger partial charge in [0.05, 0.1) is 15.0 Å². The first-order valence-electron chi connectivity index (χ1n) is 9.93. The zero-order chi connectivity index (χ0) is 22.1. The maximum atomic E-state index is 13.1. The van der Waals surface area contributed by atoms with E-state index in [0.29, 0.717) is 5.02 Å². The first-order chi connectivity index (χ1) is 14.8. The van der Waals surface area contributed by atoms with Crippen LogP contribution in [0.5, 0.6) is 0 Å². The summed E-state index contributed by atoms with van der Waals surface area (Å²) in [4.78, 5) is 0.482. The molecule has 0 amide bonds. The second-order valence-corrected chi connectivity index (χ2v) is 12.1. The highest BCUT2D eigenvalue weighted by Gasteiger charge is 2.35. The monoisotopic (exact) mass is 475 g/mol. The third-order valence-corrected chi connectivity index (χ3v) is 9.99. The summed E-state index contributed by atoms with van der Waals surface area (Å²) in [5.41, 5.74) is 1.78. The van der Waals surface area contributed by atoms with Crippen LogP contribution in [0, 0.1) is 0 Å². The van der Waals surface area contributed by atoms with Crippen molar-refractivity contribution in [2.24, 2.45) is 0 Å². The van der Waals surface area contributed by atoms with Crippen molar-refractivity contribution < 1.29 is 16.8 Å². The highest BCUT2D eigenvalue weighted by molar-refractivity contribution is 7.92. The number of sulfonamides is 1. The molecule has 5 nitrogen and oxygen atoms in total. The lowest BCUT2D eigenvalue weighted by Crippen LogP contribution is -2.42. The second kappa shape index (κ2) is 8.74. The molecule has 4 rings (SSSR count). The molecule has 0 saturated carbocycles. The minimum atomic E-state index is -3.69. The summed E-state index contributed by atoms with van der Waals surface area (Å²) in [6.45, 7) is 0.351. The largest absolute Gasteiger partial charge is 0.243 e. The highest BCUT2D eigenvalue weighted by Crippen LogP contribution is 2.29. The topological polar surface area (TPSA) is 71.5 Å². The number of nitrogens with zero attached hydrogens (tertiary/aromatic N) is 1. The van der Waals surface area contributed by atoms with Crippen molar-refractivity contribution in [2.75, 3.05) is 13.1 Å². The standard InChI is InChI=1S/C23H22ClNO4S2/c24-20-6-4-5-19(17-20)18-9-11-23(12-10-18)31(28,29)25-15-13-22(14-16-25)30(26,27)21-7-2-1-3-8-21/h1-12,17,22H,13-16H2. The molecule has 31 heavy (non-hydrogen) atoms. The van der Waals surface area contributed by atoms with Gasteiger partial charge in [-0.15, -0.1) is 0 Å².